The zero-order valence-electron chi connectivity index (χ0n) is 8.68. The third kappa shape index (κ3) is 2.98. The van der Waals surface area contributed by atoms with E-state index in [9.17, 15) is 0 Å². The Labute approximate surface area is 86.2 Å². The third-order valence-corrected chi connectivity index (χ3v) is 2.88. The van der Waals surface area contributed by atoms with Crippen molar-refractivity contribution in [2.24, 2.45) is 5.92 Å². The summed E-state index contributed by atoms with van der Waals surface area (Å²) >= 11 is 0. The summed E-state index contributed by atoms with van der Waals surface area (Å²) in [5, 5.41) is 6.68. The van der Waals surface area contributed by atoms with Gasteiger partial charge in [-0.25, -0.2) is 0 Å². The van der Waals surface area contributed by atoms with E-state index in [2.05, 4.69) is 27.4 Å². The molecule has 14 heavy (non-hydrogen) atoms. The minimum atomic E-state index is 0.609. The van der Waals surface area contributed by atoms with Crippen LogP contribution >= 0.6 is 0 Å². The lowest BCUT2D eigenvalue weighted by Gasteiger charge is -2.24. The van der Waals surface area contributed by atoms with E-state index in [-0.39, 0.29) is 0 Å². The fraction of sp³-hybridized carbons (Fsp3) is 0.818. The highest BCUT2D eigenvalue weighted by Crippen LogP contribution is 2.04. The van der Waals surface area contributed by atoms with Gasteiger partial charge >= 0.3 is 0 Å². The van der Waals surface area contributed by atoms with E-state index in [1.807, 2.05) is 0 Å². The largest absolute Gasteiger partial charge is 0.315 e. The maximum Gasteiger partial charge on any atom is 0.0602 e. The number of nitrogens with one attached hydrogen (secondary N) is 2. The van der Waals surface area contributed by atoms with Crippen molar-refractivity contribution in [3.8, 4) is 11.8 Å². The summed E-state index contributed by atoms with van der Waals surface area (Å²) in [5.74, 6) is 7.27. The molecular formula is C11H19N3. The van der Waals surface area contributed by atoms with Gasteiger partial charge in [-0.2, -0.15) is 0 Å². The molecule has 1 atom stereocenters. The lowest BCUT2D eigenvalue weighted by Crippen LogP contribution is -2.43. The first-order chi connectivity index (χ1) is 6.95. The molecule has 2 fully saturated rings. The van der Waals surface area contributed by atoms with Crippen molar-refractivity contribution in [1.29, 1.82) is 0 Å². The molecule has 2 N–H and O–H groups in total. The molecule has 0 aromatic carbocycles. The molecule has 0 saturated carbocycles. The van der Waals surface area contributed by atoms with Crippen LogP contribution in [0.5, 0.6) is 0 Å². The predicted octanol–water partition coefficient (Wildman–Crippen LogP) is -0.495. The van der Waals surface area contributed by atoms with Crippen molar-refractivity contribution in [1.82, 2.24) is 15.5 Å². The standard InChI is InChI=1S/C11H19N3/c1(2-11-3-4-13-10-11)7-14-8-5-12-6-9-14/h11-13H,3-10H2. The number of rotatable bonds is 1. The molecule has 78 valence electrons. The van der Waals surface area contributed by atoms with Crippen molar-refractivity contribution < 1.29 is 0 Å². The predicted molar refractivity (Wildman–Crippen MR) is 58.1 cm³/mol. The Morgan fingerprint density at radius 2 is 2.00 bits per heavy atom. The zero-order chi connectivity index (χ0) is 9.64. The fourth-order valence-corrected chi connectivity index (χ4v) is 1.95. The first-order valence-electron chi connectivity index (χ1n) is 5.57. The number of nitrogens with zero attached hydrogens (tertiary/aromatic N) is 1. The second kappa shape index (κ2) is 5.35. The molecule has 3 nitrogen and oxygen atoms in total. The quantitative estimate of drug-likeness (QED) is 0.550. The van der Waals surface area contributed by atoms with Crippen LogP contribution in [0.3, 0.4) is 0 Å². The van der Waals surface area contributed by atoms with Crippen LogP contribution in [0.15, 0.2) is 0 Å². The summed E-state index contributed by atoms with van der Waals surface area (Å²) < 4.78 is 0. The Hall–Kier alpha value is -0.560. The highest BCUT2D eigenvalue weighted by molar-refractivity contribution is 5.07. The van der Waals surface area contributed by atoms with Gasteiger partial charge in [0.25, 0.3) is 0 Å². The van der Waals surface area contributed by atoms with Crippen LogP contribution in [0.4, 0.5) is 0 Å². The molecule has 0 spiro atoms. The van der Waals surface area contributed by atoms with Crippen LogP contribution in [0.1, 0.15) is 6.42 Å². The molecular weight excluding hydrogens is 174 g/mol. The second-order valence-electron chi connectivity index (χ2n) is 4.04. The van der Waals surface area contributed by atoms with Gasteiger partial charge in [0.2, 0.25) is 0 Å². The Kier molecular flexibility index (Phi) is 3.81. The van der Waals surface area contributed by atoms with E-state index in [0.717, 1.165) is 45.8 Å². The van der Waals surface area contributed by atoms with E-state index >= 15 is 0 Å². The van der Waals surface area contributed by atoms with Gasteiger partial charge in [-0.1, -0.05) is 11.8 Å². The van der Waals surface area contributed by atoms with Gasteiger partial charge in [-0.05, 0) is 13.0 Å². The minimum Gasteiger partial charge on any atom is -0.315 e. The van der Waals surface area contributed by atoms with Crippen molar-refractivity contribution in [2.75, 3.05) is 45.8 Å². The zero-order valence-corrected chi connectivity index (χ0v) is 8.68. The van der Waals surface area contributed by atoms with Crippen molar-refractivity contribution in [2.45, 2.75) is 6.42 Å². The monoisotopic (exact) mass is 193 g/mol. The van der Waals surface area contributed by atoms with E-state index in [4.69, 9.17) is 0 Å². The smallest absolute Gasteiger partial charge is 0.0602 e. The number of hydrogen-bond donors (Lipinski definition) is 2. The van der Waals surface area contributed by atoms with Crippen LogP contribution in [0, 0.1) is 17.8 Å². The van der Waals surface area contributed by atoms with Gasteiger partial charge < -0.3 is 10.6 Å². The third-order valence-electron chi connectivity index (χ3n) is 2.88. The molecule has 2 aliphatic rings. The van der Waals surface area contributed by atoms with Crippen molar-refractivity contribution >= 4 is 0 Å². The molecule has 2 saturated heterocycles. The SMILES string of the molecule is C(#CC1CCNC1)CN1CCNCC1. The summed E-state index contributed by atoms with van der Waals surface area (Å²) in [4.78, 5) is 2.42. The van der Waals surface area contributed by atoms with Crippen LogP contribution in [0.2, 0.25) is 0 Å². The van der Waals surface area contributed by atoms with Gasteiger partial charge in [-0.15, -0.1) is 0 Å². The molecule has 3 heteroatoms. The van der Waals surface area contributed by atoms with Gasteiger partial charge in [0.15, 0.2) is 0 Å². The van der Waals surface area contributed by atoms with Gasteiger partial charge in [0.05, 0.1) is 6.54 Å². The number of hydrogen-bond acceptors (Lipinski definition) is 3. The maximum atomic E-state index is 3.35. The van der Waals surface area contributed by atoms with Gasteiger partial charge in [0.1, 0.15) is 0 Å². The Morgan fingerprint density at radius 1 is 1.14 bits per heavy atom. The van der Waals surface area contributed by atoms with Crippen molar-refractivity contribution in [3.63, 3.8) is 0 Å². The number of piperazine rings is 1. The summed E-state index contributed by atoms with van der Waals surface area (Å²) in [7, 11) is 0. The van der Waals surface area contributed by atoms with E-state index in [0.29, 0.717) is 5.92 Å². The summed E-state index contributed by atoms with van der Waals surface area (Å²) in [5.41, 5.74) is 0. The average molecular weight is 193 g/mol. The molecule has 2 aliphatic heterocycles. The van der Waals surface area contributed by atoms with E-state index in [1.165, 1.54) is 6.42 Å². The van der Waals surface area contributed by atoms with Crippen LogP contribution in [-0.2, 0) is 0 Å². The Bertz CT molecular complexity index is 216. The topological polar surface area (TPSA) is 27.3 Å². The highest BCUT2D eigenvalue weighted by atomic mass is 15.2. The molecule has 0 aliphatic carbocycles. The molecule has 2 heterocycles. The first kappa shape index (κ1) is 9.97. The van der Waals surface area contributed by atoms with E-state index < -0.39 is 0 Å². The molecule has 0 radical (unpaired) electrons. The van der Waals surface area contributed by atoms with Crippen molar-refractivity contribution in [3.05, 3.63) is 0 Å². The fourth-order valence-electron chi connectivity index (χ4n) is 1.95. The normalized spacial score (nSPS) is 28.4. The molecule has 0 amide bonds. The second-order valence-corrected chi connectivity index (χ2v) is 4.04. The van der Waals surface area contributed by atoms with Gasteiger partial charge in [-0.3, -0.25) is 4.90 Å². The lowest BCUT2D eigenvalue weighted by molar-refractivity contribution is 0.268. The highest BCUT2D eigenvalue weighted by Gasteiger charge is 2.11. The average Bonchev–Trinajstić information content (AvgIpc) is 2.72. The lowest BCUT2D eigenvalue weighted by atomic mass is 10.1. The molecule has 0 aromatic heterocycles. The van der Waals surface area contributed by atoms with Crippen LogP contribution in [-0.4, -0.2) is 50.7 Å². The van der Waals surface area contributed by atoms with E-state index in [1.54, 1.807) is 0 Å². The van der Waals surface area contributed by atoms with Gasteiger partial charge in [0, 0.05) is 38.6 Å². The Balaban J connectivity index is 1.69. The minimum absolute atomic E-state index is 0.609. The molecule has 0 bridgehead atoms. The summed E-state index contributed by atoms with van der Waals surface area (Å²) in [6.45, 7) is 7.73. The Morgan fingerprint density at radius 3 is 2.71 bits per heavy atom. The molecule has 2 rings (SSSR count). The maximum absolute atomic E-state index is 3.35. The van der Waals surface area contributed by atoms with Crippen LogP contribution in [0.25, 0.3) is 0 Å². The first-order valence-corrected chi connectivity index (χ1v) is 5.57. The molecule has 1 unspecified atom stereocenters. The van der Waals surface area contributed by atoms with Crippen LogP contribution < -0.4 is 10.6 Å². The molecule has 0 aromatic rings. The summed E-state index contributed by atoms with van der Waals surface area (Å²) in [6.07, 6.45) is 1.23. The summed E-state index contributed by atoms with van der Waals surface area (Å²) in [6, 6.07) is 0.